The summed E-state index contributed by atoms with van der Waals surface area (Å²) < 4.78 is 22.0. The molecule has 41 heavy (non-hydrogen) atoms. The summed E-state index contributed by atoms with van der Waals surface area (Å²) in [7, 11) is 1.85. The second kappa shape index (κ2) is 12.3. The van der Waals surface area contributed by atoms with Crippen LogP contribution in [0.5, 0.6) is 0 Å². The fraction of sp³-hybridized carbons (Fsp3) is 0.333. The predicted molar refractivity (Wildman–Crippen MR) is 153 cm³/mol. The Labute approximate surface area is 237 Å². The van der Waals surface area contributed by atoms with Gasteiger partial charge >= 0.3 is 12.1 Å². The third kappa shape index (κ3) is 6.46. The molecular formula is C30H33FN6O4. The lowest BCUT2D eigenvalue weighted by Gasteiger charge is -2.23. The second-order valence-electron chi connectivity index (χ2n) is 10.2. The maximum atomic E-state index is 14.6. The normalized spacial score (nSPS) is 16.7. The van der Waals surface area contributed by atoms with E-state index in [1.807, 2.05) is 49.5 Å². The van der Waals surface area contributed by atoms with E-state index in [4.69, 9.17) is 9.72 Å². The monoisotopic (exact) mass is 560 g/mol. The molecule has 2 aromatic heterocycles. The lowest BCUT2D eigenvalue weighted by atomic mass is 10.1. The molecule has 5 rings (SSSR count). The van der Waals surface area contributed by atoms with Crippen LogP contribution in [0.2, 0.25) is 0 Å². The number of nitrogens with zero attached hydrogens (tertiary/aromatic N) is 4. The number of ether oxygens (including phenoxy) is 1. The summed E-state index contributed by atoms with van der Waals surface area (Å²) in [5, 5.41) is 15.8. The standard InChI is InChI=1S/C30H33FN6O4/c1-19-33-26-14-21(31)13-24(29(26)36(19)12-11-28(38)39)25-9-6-10-27(35-25)34-22-15-23(16-32-2)37(17-22)30(40)41-18-20-7-4-3-5-8-20/h3-10,13-14,22-23,32H,11-12,15-18H2,1-2H3,(H,34,35)(H,38,39)/t22-,23-/m0/s1. The van der Waals surface area contributed by atoms with Gasteiger partial charge in [-0.15, -0.1) is 0 Å². The molecule has 0 radical (unpaired) electrons. The van der Waals surface area contributed by atoms with Gasteiger partial charge in [0.25, 0.3) is 0 Å². The molecule has 10 nitrogen and oxygen atoms in total. The third-order valence-corrected chi connectivity index (χ3v) is 7.22. The Morgan fingerprint density at radius 2 is 1.93 bits per heavy atom. The van der Waals surface area contributed by atoms with Crippen molar-refractivity contribution >= 4 is 28.9 Å². The summed E-state index contributed by atoms with van der Waals surface area (Å²) in [6, 6.07) is 17.6. The van der Waals surface area contributed by atoms with E-state index in [1.54, 1.807) is 22.5 Å². The van der Waals surface area contributed by atoms with E-state index >= 15 is 0 Å². The number of aromatic nitrogens is 3. The number of aryl methyl sites for hydroxylation is 2. The summed E-state index contributed by atoms with van der Waals surface area (Å²) >= 11 is 0. The number of imidazole rings is 1. The fourth-order valence-electron chi connectivity index (χ4n) is 5.38. The Morgan fingerprint density at radius 1 is 1.12 bits per heavy atom. The highest BCUT2D eigenvalue weighted by Crippen LogP contribution is 2.31. The zero-order chi connectivity index (χ0) is 28.9. The third-order valence-electron chi connectivity index (χ3n) is 7.22. The molecule has 2 atom stereocenters. The first kappa shape index (κ1) is 28.0. The molecule has 3 N–H and O–H groups in total. The number of aliphatic carboxylic acids is 1. The molecule has 4 aromatic rings. The molecule has 0 aliphatic carbocycles. The number of carbonyl (C=O) groups excluding carboxylic acids is 1. The number of anilines is 1. The van der Waals surface area contributed by atoms with E-state index in [0.717, 1.165) is 5.56 Å². The number of pyridine rings is 1. The lowest BCUT2D eigenvalue weighted by Crippen LogP contribution is -2.41. The maximum absolute atomic E-state index is 14.6. The summed E-state index contributed by atoms with van der Waals surface area (Å²) in [4.78, 5) is 35.2. The highest BCUT2D eigenvalue weighted by Gasteiger charge is 2.36. The van der Waals surface area contributed by atoms with Crippen LogP contribution < -0.4 is 10.6 Å². The molecule has 1 amide bonds. The molecule has 1 aliphatic heterocycles. The largest absolute Gasteiger partial charge is 0.481 e. The molecule has 11 heteroatoms. The van der Waals surface area contributed by atoms with Gasteiger partial charge in [-0.2, -0.15) is 0 Å². The van der Waals surface area contributed by atoms with Gasteiger partial charge in [0.05, 0.1) is 23.1 Å². The SMILES string of the molecule is CNC[C@@H]1C[C@H](Nc2cccc(-c3cc(F)cc4nc(C)n(CCC(=O)O)c34)n2)CN1C(=O)OCc1ccccc1. The van der Waals surface area contributed by atoms with Crippen molar-refractivity contribution in [2.24, 2.45) is 0 Å². The molecule has 1 saturated heterocycles. The predicted octanol–water partition coefficient (Wildman–Crippen LogP) is 4.43. The van der Waals surface area contributed by atoms with Gasteiger partial charge < -0.3 is 29.9 Å². The van der Waals surface area contributed by atoms with Crippen LogP contribution in [0.3, 0.4) is 0 Å². The van der Waals surface area contributed by atoms with E-state index in [-0.39, 0.29) is 37.7 Å². The first-order valence-corrected chi connectivity index (χ1v) is 13.6. The number of rotatable bonds is 10. The molecule has 0 unspecified atom stereocenters. The van der Waals surface area contributed by atoms with Crippen molar-refractivity contribution in [1.82, 2.24) is 24.8 Å². The van der Waals surface area contributed by atoms with Gasteiger partial charge in [0.15, 0.2) is 0 Å². The molecule has 1 fully saturated rings. The van der Waals surface area contributed by atoms with E-state index in [1.165, 1.54) is 12.1 Å². The Bertz CT molecular complexity index is 1540. The van der Waals surface area contributed by atoms with Gasteiger partial charge in [-0.3, -0.25) is 4.79 Å². The molecule has 0 bridgehead atoms. The number of benzene rings is 2. The lowest BCUT2D eigenvalue weighted by molar-refractivity contribution is -0.137. The molecule has 1 aliphatic rings. The van der Waals surface area contributed by atoms with Crippen molar-refractivity contribution in [3.8, 4) is 11.3 Å². The van der Waals surface area contributed by atoms with Crippen LogP contribution >= 0.6 is 0 Å². The van der Waals surface area contributed by atoms with Gasteiger partial charge in [-0.25, -0.2) is 19.2 Å². The molecular weight excluding hydrogens is 527 g/mol. The van der Waals surface area contributed by atoms with Gasteiger partial charge in [0, 0.05) is 43.3 Å². The zero-order valence-corrected chi connectivity index (χ0v) is 23.0. The van der Waals surface area contributed by atoms with Gasteiger partial charge in [0.2, 0.25) is 0 Å². The fourth-order valence-corrected chi connectivity index (χ4v) is 5.38. The minimum Gasteiger partial charge on any atom is -0.481 e. The molecule has 2 aromatic carbocycles. The van der Waals surface area contributed by atoms with Gasteiger partial charge in [-0.1, -0.05) is 36.4 Å². The molecule has 3 heterocycles. The summed E-state index contributed by atoms with van der Waals surface area (Å²) in [5.74, 6) is -0.194. The maximum Gasteiger partial charge on any atom is 0.410 e. The van der Waals surface area contributed by atoms with Crippen LogP contribution in [0.1, 0.15) is 24.2 Å². The van der Waals surface area contributed by atoms with Crippen LogP contribution in [-0.2, 0) is 22.7 Å². The number of nitrogens with one attached hydrogen (secondary N) is 2. The Balaban J connectivity index is 1.35. The second-order valence-corrected chi connectivity index (χ2v) is 10.2. The number of amides is 1. The highest BCUT2D eigenvalue weighted by atomic mass is 19.1. The van der Waals surface area contributed by atoms with Gasteiger partial charge in [-0.05, 0) is 44.2 Å². The quantitative estimate of drug-likeness (QED) is 0.261. The number of halogens is 1. The van der Waals surface area contributed by atoms with Crippen LogP contribution in [0.15, 0.2) is 60.7 Å². The Kier molecular flexibility index (Phi) is 8.44. The van der Waals surface area contributed by atoms with Crippen LogP contribution in [0.4, 0.5) is 15.0 Å². The average Bonchev–Trinajstić information content (AvgIpc) is 3.50. The van der Waals surface area contributed by atoms with Crippen LogP contribution in [-0.4, -0.2) is 68.8 Å². The number of carbonyl (C=O) groups is 2. The van der Waals surface area contributed by atoms with Crippen molar-refractivity contribution in [1.29, 1.82) is 0 Å². The van der Waals surface area contributed by atoms with E-state index in [0.29, 0.717) is 53.4 Å². The van der Waals surface area contributed by atoms with Crippen molar-refractivity contribution < 1.29 is 23.8 Å². The van der Waals surface area contributed by atoms with E-state index < -0.39 is 11.8 Å². The minimum atomic E-state index is -0.926. The van der Waals surface area contributed by atoms with Gasteiger partial charge in [0.1, 0.15) is 24.1 Å². The Hall–Kier alpha value is -4.51. The molecule has 0 saturated carbocycles. The number of carboxylic acid groups (broad SMARTS) is 1. The highest BCUT2D eigenvalue weighted by molar-refractivity contribution is 5.92. The van der Waals surface area contributed by atoms with Crippen LogP contribution in [0.25, 0.3) is 22.3 Å². The van der Waals surface area contributed by atoms with Crippen molar-refractivity contribution in [3.05, 3.63) is 77.9 Å². The smallest absolute Gasteiger partial charge is 0.410 e. The first-order chi connectivity index (χ1) is 19.8. The topological polar surface area (TPSA) is 122 Å². The molecule has 0 spiro atoms. The van der Waals surface area contributed by atoms with Crippen molar-refractivity contribution in [3.63, 3.8) is 0 Å². The first-order valence-electron chi connectivity index (χ1n) is 13.6. The number of hydrogen-bond donors (Lipinski definition) is 3. The van der Waals surface area contributed by atoms with Crippen LogP contribution in [0, 0.1) is 12.7 Å². The number of likely N-dealkylation sites (tertiary alicyclic amines) is 1. The summed E-state index contributed by atoms with van der Waals surface area (Å²) in [6.45, 7) is 3.24. The number of carboxylic acids is 1. The van der Waals surface area contributed by atoms with Crippen molar-refractivity contribution in [2.75, 3.05) is 25.5 Å². The Morgan fingerprint density at radius 3 is 2.68 bits per heavy atom. The van der Waals surface area contributed by atoms with E-state index in [2.05, 4.69) is 15.6 Å². The van der Waals surface area contributed by atoms with Crippen molar-refractivity contribution in [2.45, 2.75) is 45.0 Å². The molecule has 214 valence electrons. The number of fused-ring (bicyclic) bond motifs is 1. The zero-order valence-electron chi connectivity index (χ0n) is 23.0. The van der Waals surface area contributed by atoms with E-state index in [9.17, 15) is 19.1 Å². The number of likely N-dealkylation sites (N-methyl/N-ethyl adjacent to an activating group) is 1. The summed E-state index contributed by atoms with van der Waals surface area (Å²) in [5.41, 5.74) is 3.06. The average molecular weight is 561 g/mol. The number of hydrogen-bond acceptors (Lipinski definition) is 7. The minimum absolute atomic E-state index is 0.0571. The summed E-state index contributed by atoms with van der Waals surface area (Å²) in [6.07, 6.45) is 0.239.